The maximum Gasteiger partial charge on any atom is 0.225 e. The van der Waals surface area contributed by atoms with Crippen molar-refractivity contribution in [2.24, 2.45) is 11.8 Å². The molecule has 2 saturated heterocycles. The Hall–Kier alpha value is -1.46. The van der Waals surface area contributed by atoms with Crippen LogP contribution in [0.1, 0.15) is 32.3 Å². The van der Waals surface area contributed by atoms with Crippen LogP contribution in [0.2, 0.25) is 0 Å². The largest absolute Gasteiger partial charge is 0.381 e. The average molecular weight is 331 g/mol. The molecule has 2 aliphatic rings. The van der Waals surface area contributed by atoms with Gasteiger partial charge in [-0.05, 0) is 36.5 Å². The summed E-state index contributed by atoms with van der Waals surface area (Å²) in [5.74, 6) is 1.13. The van der Waals surface area contributed by atoms with E-state index in [1.807, 2.05) is 17.3 Å². The van der Waals surface area contributed by atoms with Gasteiger partial charge in [0, 0.05) is 63.7 Å². The number of hydrogen-bond donors (Lipinski definition) is 0. The van der Waals surface area contributed by atoms with Gasteiger partial charge in [-0.25, -0.2) is 0 Å². The van der Waals surface area contributed by atoms with Gasteiger partial charge in [-0.2, -0.15) is 0 Å². The topological polar surface area (TPSA) is 45.7 Å². The van der Waals surface area contributed by atoms with Crippen molar-refractivity contribution in [2.75, 3.05) is 32.8 Å². The molecule has 0 aliphatic carbocycles. The van der Waals surface area contributed by atoms with Crippen molar-refractivity contribution in [3.63, 3.8) is 0 Å². The van der Waals surface area contributed by atoms with Crippen molar-refractivity contribution >= 4 is 5.91 Å². The molecule has 0 atom stereocenters. The monoisotopic (exact) mass is 331 g/mol. The number of hydrogen-bond acceptors (Lipinski definition) is 4. The summed E-state index contributed by atoms with van der Waals surface area (Å²) in [6.07, 6.45) is 5.47. The van der Waals surface area contributed by atoms with Crippen LogP contribution in [0.5, 0.6) is 0 Å². The highest BCUT2D eigenvalue weighted by Crippen LogP contribution is 2.24. The van der Waals surface area contributed by atoms with Crippen molar-refractivity contribution in [2.45, 2.75) is 39.3 Å². The summed E-state index contributed by atoms with van der Waals surface area (Å²) in [5, 5.41) is 0. The van der Waals surface area contributed by atoms with Crippen molar-refractivity contribution < 1.29 is 9.53 Å². The normalized spacial score (nSPS) is 19.8. The van der Waals surface area contributed by atoms with Gasteiger partial charge < -0.3 is 9.64 Å². The van der Waals surface area contributed by atoms with Crippen LogP contribution in [0, 0.1) is 11.8 Å². The highest BCUT2D eigenvalue weighted by atomic mass is 16.5. The first-order chi connectivity index (χ1) is 11.6. The minimum Gasteiger partial charge on any atom is -0.381 e. The summed E-state index contributed by atoms with van der Waals surface area (Å²) < 4.78 is 5.37. The molecule has 5 nitrogen and oxygen atoms in total. The van der Waals surface area contributed by atoms with Gasteiger partial charge in [-0.3, -0.25) is 14.7 Å². The van der Waals surface area contributed by atoms with E-state index in [2.05, 4.69) is 35.9 Å². The van der Waals surface area contributed by atoms with E-state index in [1.54, 1.807) is 0 Å². The zero-order valence-electron chi connectivity index (χ0n) is 14.9. The number of amides is 1. The Morgan fingerprint density at radius 1 is 1.29 bits per heavy atom. The van der Waals surface area contributed by atoms with Gasteiger partial charge in [-0.15, -0.1) is 0 Å². The number of likely N-dealkylation sites (tertiary alicyclic amines) is 1. The standard InChI is InChI=1S/C19H29N3O2/c1-15(2)11-21(12-16-3-7-20-8-4-16)18-13-22(14-18)19(23)17-5-9-24-10-6-17/h3-4,7-8,15,17-18H,5-6,9-14H2,1-2H3. The molecule has 1 amide bonds. The molecule has 0 N–H and O–H groups in total. The fraction of sp³-hybridized carbons (Fsp3) is 0.684. The fourth-order valence-corrected chi connectivity index (χ4v) is 3.60. The molecule has 0 unspecified atom stereocenters. The van der Waals surface area contributed by atoms with Crippen LogP contribution in [0.3, 0.4) is 0 Å². The Kier molecular flexibility index (Phi) is 5.85. The molecule has 1 aromatic rings. The average Bonchev–Trinajstić information content (AvgIpc) is 2.54. The first-order valence-corrected chi connectivity index (χ1v) is 9.13. The second kappa shape index (κ2) is 8.08. The van der Waals surface area contributed by atoms with Crippen molar-refractivity contribution in [3.05, 3.63) is 30.1 Å². The maximum atomic E-state index is 12.6. The molecule has 2 aliphatic heterocycles. The molecule has 24 heavy (non-hydrogen) atoms. The highest BCUT2D eigenvalue weighted by Gasteiger charge is 2.37. The molecule has 0 aromatic carbocycles. The predicted octanol–water partition coefficient (Wildman–Crippen LogP) is 2.18. The summed E-state index contributed by atoms with van der Waals surface area (Å²) in [6.45, 7) is 9.70. The van der Waals surface area contributed by atoms with E-state index >= 15 is 0 Å². The first kappa shape index (κ1) is 17.4. The minimum absolute atomic E-state index is 0.179. The van der Waals surface area contributed by atoms with E-state index in [1.165, 1.54) is 5.56 Å². The SMILES string of the molecule is CC(C)CN(Cc1ccncc1)C1CN(C(=O)C2CCOCC2)C1. The first-order valence-electron chi connectivity index (χ1n) is 9.13. The van der Waals surface area contributed by atoms with E-state index in [9.17, 15) is 4.79 Å². The molecule has 3 rings (SSSR count). The predicted molar refractivity (Wildman–Crippen MR) is 93.4 cm³/mol. The van der Waals surface area contributed by atoms with Crippen molar-refractivity contribution in [3.8, 4) is 0 Å². The van der Waals surface area contributed by atoms with Gasteiger partial charge in [0.15, 0.2) is 0 Å². The number of aromatic nitrogens is 1. The molecule has 132 valence electrons. The van der Waals surface area contributed by atoms with Crippen LogP contribution >= 0.6 is 0 Å². The Morgan fingerprint density at radius 3 is 2.58 bits per heavy atom. The highest BCUT2D eigenvalue weighted by molar-refractivity contribution is 5.79. The third-order valence-corrected chi connectivity index (χ3v) is 5.00. The number of nitrogens with zero attached hydrogens (tertiary/aromatic N) is 3. The van der Waals surface area contributed by atoms with Crippen LogP contribution in [0.15, 0.2) is 24.5 Å². The van der Waals surface area contributed by atoms with Crippen LogP contribution in [0.25, 0.3) is 0 Å². The van der Waals surface area contributed by atoms with Gasteiger partial charge in [0.2, 0.25) is 5.91 Å². The lowest BCUT2D eigenvalue weighted by molar-refractivity contribution is -0.146. The Balaban J connectivity index is 1.54. The molecule has 0 radical (unpaired) electrons. The van der Waals surface area contributed by atoms with Gasteiger partial charge in [0.25, 0.3) is 0 Å². The minimum atomic E-state index is 0.179. The lowest BCUT2D eigenvalue weighted by atomic mass is 9.95. The molecule has 3 heterocycles. The fourth-order valence-electron chi connectivity index (χ4n) is 3.60. The summed E-state index contributed by atoms with van der Waals surface area (Å²) in [6, 6.07) is 4.64. The van der Waals surface area contributed by atoms with Crippen LogP contribution in [0.4, 0.5) is 0 Å². The Bertz CT molecular complexity index is 523. The van der Waals surface area contributed by atoms with Gasteiger partial charge in [0.05, 0.1) is 0 Å². The smallest absolute Gasteiger partial charge is 0.225 e. The summed E-state index contributed by atoms with van der Waals surface area (Å²) in [4.78, 5) is 21.2. The Labute approximate surface area is 145 Å². The quantitative estimate of drug-likeness (QED) is 0.801. The molecule has 0 bridgehead atoms. The molecular weight excluding hydrogens is 302 g/mol. The van der Waals surface area contributed by atoms with E-state index in [0.29, 0.717) is 17.9 Å². The lowest BCUT2D eigenvalue weighted by Gasteiger charge is -2.47. The zero-order valence-corrected chi connectivity index (χ0v) is 14.9. The van der Waals surface area contributed by atoms with E-state index in [0.717, 1.165) is 52.2 Å². The number of carbonyl (C=O) groups excluding carboxylic acids is 1. The van der Waals surface area contributed by atoms with E-state index in [4.69, 9.17) is 4.74 Å². The van der Waals surface area contributed by atoms with E-state index in [-0.39, 0.29) is 5.92 Å². The third-order valence-electron chi connectivity index (χ3n) is 5.00. The molecule has 5 heteroatoms. The Morgan fingerprint density at radius 2 is 1.96 bits per heavy atom. The molecular formula is C19H29N3O2. The summed E-state index contributed by atoms with van der Waals surface area (Å²) in [7, 11) is 0. The van der Waals surface area contributed by atoms with Gasteiger partial charge in [0.1, 0.15) is 0 Å². The third kappa shape index (κ3) is 4.33. The number of rotatable bonds is 6. The molecule has 0 saturated carbocycles. The van der Waals surface area contributed by atoms with Gasteiger partial charge in [-0.1, -0.05) is 13.8 Å². The second-order valence-corrected chi connectivity index (χ2v) is 7.46. The van der Waals surface area contributed by atoms with Crippen LogP contribution < -0.4 is 0 Å². The summed E-state index contributed by atoms with van der Waals surface area (Å²) in [5.41, 5.74) is 1.29. The lowest BCUT2D eigenvalue weighted by Crippen LogP contribution is -2.62. The van der Waals surface area contributed by atoms with Gasteiger partial charge >= 0.3 is 0 Å². The molecule has 1 aromatic heterocycles. The number of ether oxygens (including phenoxy) is 1. The molecule has 0 spiro atoms. The molecule has 2 fully saturated rings. The van der Waals surface area contributed by atoms with Crippen molar-refractivity contribution in [1.29, 1.82) is 0 Å². The zero-order chi connectivity index (χ0) is 16.9. The van der Waals surface area contributed by atoms with Crippen LogP contribution in [-0.2, 0) is 16.1 Å². The van der Waals surface area contributed by atoms with E-state index < -0.39 is 0 Å². The van der Waals surface area contributed by atoms with Crippen LogP contribution in [-0.4, -0.2) is 59.6 Å². The van der Waals surface area contributed by atoms with Crippen molar-refractivity contribution in [1.82, 2.24) is 14.8 Å². The maximum absolute atomic E-state index is 12.6. The number of carbonyl (C=O) groups is 1. The summed E-state index contributed by atoms with van der Waals surface area (Å²) >= 11 is 0. The second-order valence-electron chi connectivity index (χ2n) is 7.46. The number of pyridine rings is 1.